The molecule has 1 aromatic carbocycles. The van der Waals surface area contributed by atoms with Crippen molar-refractivity contribution in [3.05, 3.63) is 40.3 Å². The molecule has 0 aliphatic carbocycles. The maximum Gasteiger partial charge on any atom is 0.344 e. The summed E-state index contributed by atoms with van der Waals surface area (Å²) in [6.45, 7) is 1.15. The Morgan fingerprint density at radius 3 is 3.20 bits per heavy atom. The second kappa shape index (κ2) is 8.00. The summed E-state index contributed by atoms with van der Waals surface area (Å²) < 4.78 is 7.05. The van der Waals surface area contributed by atoms with Crippen LogP contribution in [0.1, 0.15) is 18.4 Å². The maximum atomic E-state index is 12.1. The van der Waals surface area contributed by atoms with Crippen LogP contribution in [0.5, 0.6) is 0 Å². The number of carbonyl (C=O) groups is 1. The van der Waals surface area contributed by atoms with Gasteiger partial charge in [0, 0.05) is 12.3 Å². The molecule has 2 aromatic rings. The molecule has 2 heterocycles. The van der Waals surface area contributed by atoms with E-state index in [2.05, 4.69) is 15.5 Å². The summed E-state index contributed by atoms with van der Waals surface area (Å²) in [6, 6.07) is 8.70. The molecule has 3 rings (SSSR count). The Morgan fingerprint density at radius 2 is 2.44 bits per heavy atom. The Hall–Kier alpha value is -2.57. The second-order valence-electron chi connectivity index (χ2n) is 5.59. The first-order chi connectivity index (χ1) is 12.2. The van der Waals surface area contributed by atoms with Crippen molar-refractivity contribution in [2.24, 2.45) is 0 Å². The number of hydrogen-bond acceptors (Lipinski definition) is 6. The number of nitriles is 1. The van der Waals surface area contributed by atoms with Crippen molar-refractivity contribution in [3.63, 3.8) is 0 Å². The number of rotatable bonds is 6. The van der Waals surface area contributed by atoms with Gasteiger partial charge in [0.15, 0.2) is 5.16 Å². The Labute approximate surface area is 148 Å². The number of H-pyrrole nitrogens is 1. The molecule has 1 aliphatic heterocycles. The van der Waals surface area contributed by atoms with Gasteiger partial charge in [0.2, 0.25) is 5.91 Å². The molecule has 130 valence electrons. The lowest BCUT2D eigenvalue weighted by atomic mass is 10.2. The fraction of sp³-hybridized carbons (Fsp3) is 0.375. The fourth-order valence-corrected chi connectivity index (χ4v) is 3.32. The molecule has 0 radical (unpaired) electrons. The molecule has 0 spiro atoms. The lowest BCUT2D eigenvalue weighted by Crippen LogP contribution is -2.25. The van der Waals surface area contributed by atoms with Gasteiger partial charge in [-0.25, -0.2) is 9.89 Å². The molecule has 0 saturated carbocycles. The van der Waals surface area contributed by atoms with Crippen molar-refractivity contribution < 1.29 is 9.53 Å². The van der Waals surface area contributed by atoms with E-state index in [1.165, 1.54) is 16.3 Å². The second-order valence-corrected chi connectivity index (χ2v) is 6.53. The highest BCUT2D eigenvalue weighted by molar-refractivity contribution is 7.99. The third kappa shape index (κ3) is 4.49. The molecule has 0 bridgehead atoms. The van der Waals surface area contributed by atoms with E-state index < -0.39 is 0 Å². The normalized spacial score (nSPS) is 16.5. The number of aromatic amines is 1. The van der Waals surface area contributed by atoms with Crippen LogP contribution in [0.2, 0.25) is 0 Å². The highest BCUT2D eigenvalue weighted by Crippen LogP contribution is 2.18. The summed E-state index contributed by atoms with van der Waals surface area (Å²) in [4.78, 5) is 24.0. The molecule has 2 N–H and O–H groups in total. The van der Waals surface area contributed by atoms with E-state index in [1.54, 1.807) is 24.3 Å². The minimum atomic E-state index is -0.305. The quantitative estimate of drug-likeness (QED) is 0.753. The molecule has 1 fully saturated rings. The lowest BCUT2D eigenvalue weighted by molar-refractivity contribution is -0.113. The zero-order valence-electron chi connectivity index (χ0n) is 13.4. The standard InChI is InChI=1S/C16H17N5O3S/c17-8-11-3-1-4-12(7-11)18-14(22)10-25-16-20-19-15(23)21(16)9-13-5-2-6-24-13/h1,3-4,7,13H,2,5-6,9-10H2,(H,18,22)(H,19,23)/t13-/m0/s1. The van der Waals surface area contributed by atoms with Crippen molar-refractivity contribution in [1.82, 2.24) is 14.8 Å². The van der Waals surface area contributed by atoms with E-state index >= 15 is 0 Å². The van der Waals surface area contributed by atoms with Crippen LogP contribution < -0.4 is 11.0 Å². The van der Waals surface area contributed by atoms with Crippen LogP contribution in [0.15, 0.2) is 34.2 Å². The van der Waals surface area contributed by atoms with Gasteiger partial charge in [0.25, 0.3) is 0 Å². The summed E-state index contributed by atoms with van der Waals surface area (Å²) >= 11 is 1.18. The topological polar surface area (TPSA) is 113 Å². The summed E-state index contributed by atoms with van der Waals surface area (Å²) in [7, 11) is 0. The first-order valence-electron chi connectivity index (χ1n) is 7.85. The number of carbonyl (C=O) groups excluding carboxylic acids is 1. The number of amides is 1. The highest BCUT2D eigenvalue weighted by Gasteiger charge is 2.20. The predicted molar refractivity (Wildman–Crippen MR) is 92.3 cm³/mol. The van der Waals surface area contributed by atoms with Crippen LogP contribution in [-0.4, -0.2) is 39.1 Å². The Morgan fingerprint density at radius 1 is 1.56 bits per heavy atom. The van der Waals surface area contributed by atoms with Crippen LogP contribution in [0.25, 0.3) is 0 Å². The average Bonchev–Trinajstić information content (AvgIpc) is 3.25. The van der Waals surface area contributed by atoms with Gasteiger partial charge in [0.1, 0.15) is 0 Å². The summed E-state index contributed by atoms with van der Waals surface area (Å²) in [5, 5.41) is 18.4. The number of hydrogen-bond donors (Lipinski definition) is 2. The summed E-state index contributed by atoms with van der Waals surface area (Å²) in [6.07, 6.45) is 1.92. The predicted octanol–water partition coefficient (Wildman–Crippen LogP) is 1.35. The van der Waals surface area contributed by atoms with E-state index in [0.29, 0.717) is 29.6 Å². The fourth-order valence-electron chi connectivity index (χ4n) is 2.56. The number of nitrogens with zero attached hydrogens (tertiary/aromatic N) is 3. The number of nitrogens with one attached hydrogen (secondary N) is 2. The van der Waals surface area contributed by atoms with Gasteiger partial charge in [0.05, 0.1) is 30.0 Å². The number of benzene rings is 1. The Kier molecular flexibility index (Phi) is 5.53. The monoisotopic (exact) mass is 359 g/mol. The van der Waals surface area contributed by atoms with Crippen LogP contribution in [0.3, 0.4) is 0 Å². The molecular weight excluding hydrogens is 342 g/mol. The van der Waals surface area contributed by atoms with Gasteiger partial charge in [-0.15, -0.1) is 5.10 Å². The molecule has 1 amide bonds. The Balaban J connectivity index is 1.58. The number of aromatic nitrogens is 3. The molecule has 1 saturated heterocycles. The molecule has 9 heteroatoms. The molecule has 8 nitrogen and oxygen atoms in total. The number of thioether (sulfide) groups is 1. The van der Waals surface area contributed by atoms with E-state index in [1.807, 2.05) is 6.07 Å². The van der Waals surface area contributed by atoms with E-state index in [-0.39, 0.29) is 23.5 Å². The maximum absolute atomic E-state index is 12.1. The van der Waals surface area contributed by atoms with E-state index in [4.69, 9.17) is 10.00 Å². The molecular formula is C16H17N5O3S. The largest absolute Gasteiger partial charge is 0.376 e. The molecule has 1 aliphatic rings. The molecule has 25 heavy (non-hydrogen) atoms. The van der Waals surface area contributed by atoms with Gasteiger partial charge < -0.3 is 10.1 Å². The zero-order chi connectivity index (χ0) is 17.6. The SMILES string of the molecule is N#Cc1cccc(NC(=O)CSc2n[nH]c(=O)n2C[C@@H]2CCCO2)c1. The van der Waals surface area contributed by atoms with E-state index in [0.717, 1.165) is 12.8 Å². The van der Waals surface area contributed by atoms with Gasteiger partial charge >= 0.3 is 5.69 Å². The average molecular weight is 359 g/mol. The first-order valence-corrected chi connectivity index (χ1v) is 8.84. The molecule has 0 unspecified atom stereocenters. The van der Waals surface area contributed by atoms with Crippen LogP contribution in [0.4, 0.5) is 5.69 Å². The highest BCUT2D eigenvalue weighted by atomic mass is 32.2. The van der Waals surface area contributed by atoms with Crippen LogP contribution in [0, 0.1) is 11.3 Å². The first kappa shape index (κ1) is 17.3. The molecule has 1 aromatic heterocycles. The van der Waals surface area contributed by atoms with Crippen molar-refractivity contribution in [3.8, 4) is 6.07 Å². The van der Waals surface area contributed by atoms with Gasteiger partial charge in [-0.3, -0.25) is 9.36 Å². The van der Waals surface area contributed by atoms with Gasteiger partial charge in [-0.2, -0.15) is 5.26 Å². The minimum Gasteiger partial charge on any atom is -0.376 e. The van der Waals surface area contributed by atoms with Crippen molar-refractivity contribution >= 4 is 23.4 Å². The molecule has 1 atom stereocenters. The van der Waals surface area contributed by atoms with Crippen LogP contribution in [-0.2, 0) is 16.1 Å². The van der Waals surface area contributed by atoms with Crippen molar-refractivity contribution in [2.45, 2.75) is 30.6 Å². The lowest BCUT2D eigenvalue weighted by Gasteiger charge is -2.11. The Bertz CT molecular complexity index is 848. The third-order valence-electron chi connectivity index (χ3n) is 3.74. The third-order valence-corrected chi connectivity index (χ3v) is 4.72. The summed E-state index contributed by atoms with van der Waals surface area (Å²) in [5.41, 5.74) is 0.728. The number of ether oxygens (including phenoxy) is 1. The van der Waals surface area contributed by atoms with Gasteiger partial charge in [-0.1, -0.05) is 17.8 Å². The minimum absolute atomic E-state index is 0.0113. The van der Waals surface area contributed by atoms with E-state index in [9.17, 15) is 9.59 Å². The van der Waals surface area contributed by atoms with Gasteiger partial charge in [-0.05, 0) is 31.0 Å². The van der Waals surface area contributed by atoms with Crippen LogP contribution >= 0.6 is 11.8 Å². The number of anilines is 1. The van der Waals surface area contributed by atoms with Crippen molar-refractivity contribution in [2.75, 3.05) is 17.7 Å². The van der Waals surface area contributed by atoms with Crippen molar-refractivity contribution in [1.29, 1.82) is 5.26 Å². The smallest absolute Gasteiger partial charge is 0.344 e. The zero-order valence-corrected chi connectivity index (χ0v) is 14.2. The summed E-state index contributed by atoms with van der Waals surface area (Å²) in [5.74, 6) is -0.133.